The van der Waals surface area contributed by atoms with Gasteiger partial charge in [-0.05, 0) is 35.6 Å². The van der Waals surface area contributed by atoms with Crippen molar-refractivity contribution in [2.24, 2.45) is 0 Å². The molecule has 21 heavy (non-hydrogen) atoms. The van der Waals surface area contributed by atoms with E-state index in [1.54, 1.807) is 12.4 Å². The van der Waals surface area contributed by atoms with Crippen LogP contribution in [0.1, 0.15) is 58.4 Å². The van der Waals surface area contributed by atoms with Crippen molar-refractivity contribution in [2.75, 3.05) is 0 Å². The van der Waals surface area contributed by atoms with Crippen molar-refractivity contribution in [2.45, 2.75) is 59.3 Å². The number of hydrogen-bond donors (Lipinski definition) is 0. The molecule has 2 heterocycles. The van der Waals surface area contributed by atoms with Crippen LogP contribution in [-0.2, 0) is 10.8 Å². The average Bonchev–Trinajstić information content (AvgIpc) is 2.36. The standard InChI is InChI=1S/C18H25N3/c1-12-14(17(2,3)4)16(18(5,6)7)21-20-15(12)13-8-10-19-11-9-13/h8-11H,1-7H3. The van der Waals surface area contributed by atoms with Crippen molar-refractivity contribution >= 4 is 0 Å². The normalized spacial score (nSPS) is 12.5. The first kappa shape index (κ1) is 15.6. The molecular weight excluding hydrogens is 258 g/mol. The summed E-state index contributed by atoms with van der Waals surface area (Å²) >= 11 is 0. The zero-order chi connectivity index (χ0) is 15.8. The largest absolute Gasteiger partial charge is 0.265 e. The fourth-order valence-electron chi connectivity index (χ4n) is 2.75. The minimum Gasteiger partial charge on any atom is -0.265 e. The molecule has 0 aliphatic rings. The van der Waals surface area contributed by atoms with Crippen molar-refractivity contribution in [3.05, 3.63) is 41.3 Å². The zero-order valence-electron chi connectivity index (χ0n) is 14.2. The van der Waals surface area contributed by atoms with Gasteiger partial charge in [-0.25, -0.2) is 0 Å². The monoisotopic (exact) mass is 283 g/mol. The van der Waals surface area contributed by atoms with Gasteiger partial charge in [0.25, 0.3) is 0 Å². The third-order valence-electron chi connectivity index (χ3n) is 3.63. The summed E-state index contributed by atoms with van der Waals surface area (Å²) in [6.07, 6.45) is 3.59. The molecule has 0 fully saturated rings. The maximum absolute atomic E-state index is 4.58. The van der Waals surface area contributed by atoms with Gasteiger partial charge >= 0.3 is 0 Å². The van der Waals surface area contributed by atoms with Gasteiger partial charge in [-0.2, -0.15) is 5.10 Å². The van der Waals surface area contributed by atoms with Gasteiger partial charge in [-0.1, -0.05) is 41.5 Å². The topological polar surface area (TPSA) is 38.7 Å². The summed E-state index contributed by atoms with van der Waals surface area (Å²) in [5.41, 5.74) is 5.65. The summed E-state index contributed by atoms with van der Waals surface area (Å²) in [6, 6.07) is 3.97. The molecule has 2 aromatic rings. The van der Waals surface area contributed by atoms with E-state index in [0.29, 0.717) is 0 Å². The summed E-state index contributed by atoms with van der Waals surface area (Å²) in [4.78, 5) is 4.08. The molecule has 0 atom stereocenters. The number of aromatic nitrogens is 3. The van der Waals surface area contributed by atoms with E-state index in [1.807, 2.05) is 12.1 Å². The number of nitrogens with zero attached hydrogens (tertiary/aromatic N) is 3. The van der Waals surface area contributed by atoms with E-state index in [0.717, 1.165) is 17.0 Å². The summed E-state index contributed by atoms with van der Waals surface area (Å²) in [7, 11) is 0. The quantitative estimate of drug-likeness (QED) is 0.776. The van der Waals surface area contributed by atoms with Crippen LogP contribution in [0.5, 0.6) is 0 Å². The van der Waals surface area contributed by atoms with Crippen molar-refractivity contribution in [3.8, 4) is 11.3 Å². The van der Waals surface area contributed by atoms with Crippen LogP contribution in [0, 0.1) is 6.92 Å². The molecule has 2 rings (SSSR count). The molecule has 0 spiro atoms. The van der Waals surface area contributed by atoms with Gasteiger partial charge in [0.05, 0.1) is 11.4 Å². The lowest BCUT2D eigenvalue weighted by atomic mass is 9.76. The highest BCUT2D eigenvalue weighted by molar-refractivity contribution is 5.64. The molecule has 0 N–H and O–H groups in total. The molecule has 0 aromatic carbocycles. The molecule has 0 unspecified atom stereocenters. The summed E-state index contributed by atoms with van der Waals surface area (Å²) < 4.78 is 0. The molecule has 0 amide bonds. The van der Waals surface area contributed by atoms with Crippen LogP contribution in [0.4, 0.5) is 0 Å². The Morgan fingerprint density at radius 3 is 1.86 bits per heavy atom. The molecule has 0 aliphatic heterocycles. The summed E-state index contributed by atoms with van der Waals surface area (Å²) in [6.45, 7) is 15.4. The van der Waals surface area contributed by atoms with Gasteiger partial charge in [0, 0.05) is 23.4 Å². The molecule has 0 bridgehead atoms. The van der Waals surface area contributed by atoms with Crippen LogP contribution in [0.2, 0.25) is 0 Å². The Kier molecular flexibility index (Phi) is 3.87. The van der Waals surface area contributed by atoms with E-state index < -0.39 is 0 Å². The first-order valence-electron chi connectivity index (χ1n) is 7.41. The molecule has 0 aliphatic carbocycles. The Labute approximate surface area is 127 Å². The number of pyridine rings is 1. The smallest absolute Gasteiger partial charge is 0.0963 e. The molecule has 3 nitrogen and oxygen atoms in total. The summed E-state index contributed by atoms with van der Waals surface area (Å²) in [5, 5.41) is 9.09. The minimum absolute atomic E-state index is 0.0167. The Balaban J connectivity index is 2.75. The fraction of sp³-hybridized carbons (Fsp3) is 0.500. The molecule has 0 saturated heterocycles. The molecule has 0 saturated carbocycles. The molecular formula is C18H25N3. The minimum atomic E-state index is -0.0167. The molecule has 2 aromatic heterocycles. The number of rotatable bonds is 1. The van der Waals surface area contributed by atoms with Gasteiger partial charge in [0.2, 0.25) is 0 Å². The Hall–Kier alpha value is -1.77. The van der Waals surface area contributed by atoms with Gasteiger partial charge in [0.15, 0.2) is 0 Å². The predicted octanol–water partition coefficient (Wildman–Crippen LogP) is 4.44. The third kappa shape index (κ3) is 3.12. The van der Waals surface area contributed by atoms with E-state index in [2.05, 4.69) is 63.6 Å². The second-order valence-corrected chi connectivity index (χ2v) is 7.63. The maximum atomic E-state index is 4.58. The van der Waals surface area contributed by atoms with Crippen LogP contribution in [0.15, 0.2) is 24.5 Å². The van der Waals surface area contributed by atoms with Crippen molar-refractivity contribution < 1.29 is 0 Å². The van der Waals surface area contributed by atoms with Crippen LogP contribution < -0.4 is 0 Å². The lowest BCUT2D eigenvalue weighted by Crippen LogP contribution is -2.26. The van der Waals surface area contributed by atoms with Crippen molar-refractivity contribution in [1.29, 1.82) is 0 Å². The lowest BCUT2D eigenvalue weighted by Gasteiger charge is -2.30. The van der Waals surface area contributed by atoms with Crippen LogP contribution in [0.25, 0.3) is 11.3 Å². The number of hydrogen-bond acceptors (Lipinski definition) is 3. The van der Waals surface area contributed by atoms with E-state index in [9.17, 15) is 0 Å². The van der Waals surface area contributed by atoms with Gasteiger partial charge < -0.3 is 0 Å². The summed E-state index contributed by atoms with van der Waals surface area (Å²) in [5.74, 6) is 0. The SMILES string of the molecule is Cc1c(-c2ccncc2)nnc(C(C)(C)C)c1C(C)(C)C. The van der Waals surface area contributed by atoms with Crippen molar-refractivity contribution in [1.82, 2.24) is 15.2 Å². The molecule has 3 heteroatoms. The second-order valence-electron chi connectivity index (χ2n) is 7.63. The van der Waals surface area contributed by atoms with Crippen LogP contribution in [0.3, 0.4) is 0 Å². The van der Waals surface area contributed by atoms with E-state index in [4.69, 9.17) is 0 Å². The Bertz CT molecular complexity index is 632. The second kappa shape index (κ2) is 5.21. The molecule has 112 valence electrons. The van der Waals surface area contributed by atoms with Crippen LogP contribution in [-0.4, -0.2) is 15.2 Å². The zero-order valence-corrected chi connectivity index (χ0v) is 14.2. The highest BCUT2D eigenvalue weighted by Gasteiger charge is 2.30. The van der Waals surface area contributed by atoms with E-state index in [1.165, 1.54) is 11.1 Å². The van der Waals surface area contributed by atoms with Crippen LogP contribution >= 0.6 is 0 Å². The van der Waals surface area contributed by atoms with Gasteiger partial charge in [0.1, 0.15) is 0 Å². The van der Waals surface area contributed by atoms with Gasteiger partial charge in [-0.3, -0.25) is 4.98 Å². The Morgan fingerprint density at radius 2 is 1.38 bits per heavy atom. The highest BCUT2D eigenvalue weighted by Crippen LogP contribution is 2.37. The fourth-order valence-corrected chi connectivity index (χ4v) is 2.75. The molecule has 0 radical (unpaired) electrons. The highest BCUT2D eigenvalue weighted by atomic mass is 15.1. The first-order chi connectivity index (χ1) is 9.62. The van der Waals surface area contributed by atoms with Crippen molar-refractivity contribution in [3.63, 3.8) is 0 Å². The predicted molar refractivity (Wildman–Crippen MR) is 87.4 cm³/mol. The first-order valence-corrected chi connectivity index (χ1v) is 7.41. The van der Waals surface area contributed by atoms with Gasteiger partial charge in [-0.15, -0.1) is 5.10 Å². The average molecular weight is 283 g/mol. The lowest BCUT2D eigenvalue weighted by molar-refractivity contribution is 0.503. The Morgan fingerprint density at radius 1 is 0.810 bits per heavy atom. The van der Waals surface area contributed by atoms with E-state index >= 15 is 0 Å². The maximum Gasteiger partial charge on any atom is 0.0963 e. The van der Waals surface area contributed by atoms with E-state index in [-0.39, 0.29) is 10.8 Å². The third-order valence-corrected chi connectivity index (χ3v) is 3.63.